The number of aliphatic carboxylic acids is 2. The van der Waals surface area contributed by atoms with E-state index >= 15 is 0 Å². The Kier molecular flexibility index (Phi) is 33.6. The molecule has 1 fully saturated rings. The normalized spacial score (nSPS) is 16.1. The molecule has 30 nitrogen and oxygen atoms in total. The average Bonchev–Trinajstić information content (AvgIpc) is 4.04. The van der Waals surface area contributed by atoms with Crippen molar-refractivity contribution in [2.24, 2.45) is 23.1 Å². The molecule has 0 radical (unpaired) electrons. The van der Waals surface area contributed by atoms with Crippen molar-refractivity contribution in [1.29, 1.82) is 0 Å². The standard InChI is InChI=1S/C52H84N14O16S2/c1-28(2)20-33(60-43(72)29(3)55)46(75)65-38(27-84)49(78)62-35(22-42(70)71)51(80)66-19-11-16-39(66)50(79)63-36(25-67)47(76)59-31(14-7-9-17-53)45(74)64-37(26-83)48(77)61-34(21-30-12-5-4-6-13-30)44(73)57-23-40(68)56-24-41(69)58-32(52(81)82)15-8-10-18-54/h4-6,12-13,28-29,31-39,67,83-84H,7-11,14-27,53-55H2,1-3H3,(H,56,68)(H,57,73)(H,58,69)(H,59,76)(H,60,72)(H,61,77)(H,62,78)(H,63,79)(H,64,74)(H,65,75)(H,70,71)(H,81,82)/t29-,31-,32-,33-,34-,35-,36-,37-,38-,39-/m0/s1. The van der Waals surface area contributed by atoms with Crippen molar-refractivity contribution in [3.63, 3.8) is 0 Å². The highest BCUT2D eigenvalue weighted by Crippen LogP contribution is 2.20. The maximum Gasteiger partial charge on any atom is 0.326 e. The van der Waals surface area contributed by atoms with Gasteiger partial charge in [0.25, 0.3) is 0 Å². The Morgan fingerprint density at radius 1 is 0.583 bits per heavy atom. The van der Waals surface area contributed by atoms with Crippen LogP contribution >= 0.6 is 25.3 Å². The number of carbonyl (C=O) groups is 13. The van der Waals surface area contributed by atoms with Crippen LogP contribution in [-0.4, -0.2) is 208 Å². The zero-order valence-electron chi connectivity index (χ0n) is 47.4. The lowest BCUT2D eigenvalue weighted by atomic mass is 10.0. The molecule has 0 bridgehead atoms. The summed E-state index contributed by atoms with van der Waals surface area (Å²) in [6.07, 6.45) is 0.972. The van der Waals surface area contributed by atoms with Gasteiger partial charge in [-0.15, -0.1) is 0 Å². The van der Waals surface area contributed by atoms with Gasteiger partial charge in [-0.2, -0.15) is 25.3 Å². The number of amides is 11. The fourth-order valence-corrected chi connectivity index (χ4v) is 8.96. The van der Waals surface area contributed by atoms with Gasteiger partial charge in [-0.05, 0) is 89.3 Å². The van der Waals surface area contributed by atoms with Crippen LogP contribution in [0.5, 0.6) is 0 Å². The molecule has 0 spiro atoms. The number of carbonyl (C=O) groups excluding carboxylic acids is 11. The van der Waals surface area contributed by atoms with E-state index in [0.29, 0.717) is 31.4 Å². The van der Waals surface area contributed by atoms with Gasteiger partial charge in [0.15, 0.2) is 0 Å². The minimum absolute atomic E-state index is 0.0000406. The molecule has 19 N–H and O–H groups in total. The van der Waals surface area contributed by atoms with Crippen LogP contribution in [0.3, 0.4) is 0 Å². The van der Waals surface area contributed by atoms with Crippen LogP contribution in [0.15, 0.2) is 30.3 Å². The van der Waals surface area contributed by atoms with Crippen LogP contribution in [0.25, 0.3) is 0 Å². The number of unbranched alkanes of at least 4 members (excludes halogenated alkanes) is 2. The number of rotatable bonds is 39. The van der Waals surface area contributed by atoms with Gasteiger partial charge in [0, 0.05) is 24.5 Å². The molecule has 0 aromatic heterocycles. The quantitative estimate of drug-likeness (QED) is 0.0216. The number of nitrogens with two attached hydrogens (primary N) is 3. The predicted octanol–water partition coefficient (Wildman–Crippen LogP) is -5.61. The Bertz CT molecular complexity index is 2410. The summed E-state index contributed by atoms with van der Waals surface area (Å²) < 4.78 is 0. The highest BCUT2D eigenvalue weighted by atomic mass is 32.1. The fraction of sp³-hybridized carbons (Fsp3) is 0.635. The van der Waals surface area contributed by atoms with Crippen LogP contribution in [-0.2, 0) is 68.7 Å². The van der Waals surface area contributed by atoms with Gasteiger partial charge in [0.1, 0.15) is 54.4 Å². The number of likely N-dealkylation sites (tertiary alicyclic amines) is 1. The third-order valence-corrected chi connectivity index (χ3v) is 13.7. The first-order valence-corrected chi connectivity index (χ1v) is 28.8. The molecule has 1 aromatic carbocycles. The number of carboxylic acid groups (broad SMARTS) is 2. The number of benzene rings is 1. The van der Waals surface area contributed by atoms with E-state index in [1.807, 2.05) is 0 Å². The summed E-state index contributed by atoms with van der Waals surface area (Å²) in [6.45, 7) is 3.13. The first kappa shape index (κ1) is 73.0. The van der Waals surface area contributed by atoms with Crippen molar-refractivity contribution in [3.05, 3.63) is 35.9 Å². The second-order valence-corrected chi connectivity index (χ2v) is 21.1. The summed E-state index contributed by atoms with van der Waals surface area (Å²) in [5.74, 6) is -13.3. The molecule has 0 unspecified atom stereocenters. The van der Waals surface area contributed by atoms with Gasteiger partial charge < -0.3 is 90.6 Å². The average molecular weight is 1230 g/mol. The molecule has 1 saturated heterocycles. The van der Waals surface area contributed by atoms with Gasteiger partial charge in [0.2, 0.25) is 65.0 Å². The Balaban J connectivity index is 2.22. The highest BCUT2D eigenvalue weighted by Gasteiger charge is 2.41. The largest absolute Gasteiger partial charge is 0.481 e. The molecule has 11 amide bonds. The molecule has 0 saturated carbocycles. The Morgan fingerprint density at radius 3 is 1.61 bits per heavy atom. The van der Waals surface area contributed by atoms with E-state index in [1.54, 1.807) is 44.2 Å². The Labute approximate surface area is 497 Å². The SMILES string of the molecule is CC(C)C[C@H](NC(=O)[C@H](C)N)C(=O)N[C@@H](CS)C(=O)N[C@@H](CC(=O)O)C(=O)N1CCC[C@H]1C(=O)N[C@@H](CO)C(=O)N[C@@H](CCCCN)C(=O)N[C@@H](CS)C(=O)N[C@@H](Cc1ccccc1)C(=O)NCC(=O)NCC(=O)N[C@@H](CCCCN)C(=O)O. The monoisotopic (exact) mass is 1220 g/mol. The van der Waals surface area contributed by atoms with Crippen molar-refractivity contribution in [3.8, 4) is 0 Å². The lowest BCUT2D eigenvalue weighted by Gasteiger charge is -2.30. The number of aliphatic hydroxyl groups is 1. The number of thiol groups is 2. The molecular weight excluding hydrogens is 1140 g/mol. The second kappa shape index (κ2) is 38.7. The molecule has 1 heterocycles. The topological polar surface area (TPSA) is 484 Å². The third-order valence-electron chi connectivity index (χ3n) is 13.0. The van der Waals surface area contributed by atoms with Crippen LogP contribution in [0.1, 0.15) is 90.5 Å². The Morgan fingerprint density at radius 2 is 1.08 bits per heavy atom. The van der Waals surface area contributed by atoms with Gasteiger partial charge in [-0.1, -0.05) is 44.2 Å². The van der Waals surface area contributed by atoms with E-state index in [9.17, 15) is 77.6 Å². The van der Waals surface area contributed by atoms with Gasteiger partial charge >= 0.3 is 11.9 Å². The number of aliphatic hydroxyl groups excluding tert-OH is 1. The number of nitrogens with one attached hydrogen (secondary N) is 10. The van der Waals surface area contributed by atoms with Crippen molar-refractivity contribution in [1.82, 2.24) is 58.1 Å². The van der Waals surface area contributed by atoms with E-state index < -0.39 is 163 Å². The predicted molar refractivity (Wildman–Crippen MR) is 310 cm³/mol. The lowest BCUT2D eigenvalue weighted by molar-refractivity contribution is -0.146. The summed E-state index contributed by atoms with van der Waals surface area (Å²) in [5, 5.41) is 53.8. The number of carboxylic acids is 2. The summed E-state index contributed by atoms with van der Waals surface area (Å²) in [4.78, 5) is 172. The molecule has 32 heteroatoms. The van der Waals surface area contributed by atoms with Gasteiger partial charge in [0.05, 0.1) is 32.2 Å². The number of hydrogen-bond donors (Lipinski definition) is 18. The Hall–Kier alpha value is -7.13. The van der Waals surface area contributed by atoms with Crippen molar-refractivity contribution < 1.29 is 77.6 Å². The molecule has 84 heavy (non-hydrogen) atoms. The maximum absolute atomic E-state index is 14.0. The zero-order chi connectivity index (χ0) is 63.1. The van der Waals surface area contributed by atoms with E-state index in [1.165, 1.54) is 6.92 Å². The van der Waals surface area contributed by atoms with Crippen LogP contribution < -0.4 is 70.4 Å². The first-order valence-electron chi connectivity index (χ1n) is 27.5. The summed E-state index contributed by atoms with van der Waals surface area (Å²) in [6, 6.07) is -5.41. The molecule has 10 atom stereocenters. The molecule has 2 rings (SSSR count). The van der Waals surface area contributed by atoms with Crippen LogP contribution in [0, 0.1) is 5.92 Å². The minimum Gasteiger partial charge on any atom is -0.481 e. The smallest absolute Gasteiger partial charge is 0.326 e. The summed E-state index contributed by atoms with van der Waals surface area (Å²) in [7, 11) is 0. The molecule has 1 aromatic rings. The third kappa shape index (κ3) is 26.2. The lowest BCUT2D eigenvalue weighted by Crippen LogP contribution is -2.61. The molecule has 1 aliphatic rings. The molecular formula is C52H84N14O16S2. The van der Waals surface area contributed by atoms with Gasteiger partial charge in [-0.25, -0.2) is 4.79 Å². The molecule has 0 aliphatic carbocycles. The van der Waals surface area contributed by atoms with E-state index in [-0.39, 0.29) is 75.5 Å². The summed E-state index contributed by atoms with van der Waals surface area (Å²) >= 11 is 8.40. The molecule has 1 aliphatic heterocycles. The minimum atomic E-state index is -1.78. The summed E-state index contributed by atoms with van der Waals surface area (Å²) in [5.41, 5.74) is 17.4. The van der Waals surface area contributed by atoms with Gasteiger partial charge in [-0.3, -0.25) is 57.5 Å². The number of nitrogens with zero attached hydrogens (tertiary/aromatic N) is 1. The molecule has 470 valence electrons. The van der Waals surface area contributed by atoms with E-state index in [2.05, 4.69) is 78.4 Å². The first-order chi connectivity index (χ1) is 39.8. The van der Waals surface area contributed by atoms with E-state index in [4.69, 9.17) is 17.2 Å². The van der Waals surface area contributed by atoms with Crippen molar-refractivity contribution in [2.45, 2.75) is 152 Å². The fourth-order valence-electron chi connectivity index (χ4n) is 8.44. The van der Waals surface area contributed by atoms with Crippen molar-refractivity contribution in [2.75, 3.05) is 50.8 Å². The van der Waals surface area contributed by atoms with Crippen LogP contribution in [0.2, 0.25) is 0 Å². The van der Waals surface area contributed by atoms with Crippen LogP contribution in [0.4, 0.5) is 0 Å². The van der Waals surface area contributed by atoms with E-state index in [0.717, 1.165) is 4.90 Å². The highest BCUT2D eigenvalue weighted by molar-refractivity contribution is 7.80. The maximum atomic E-state index is 14.0. The zero-order valence-corrected chi connectivity index (χ0v) is 49.2. The van der Waals surface area contributed by atoms with Crippen molar-refractivity contribution >= 4 is 102 Å². The number of hydrogen-bond acceptors (Lipinski definition) is 19. The second-order valence-electron chi connectivity index (χ2n) is 20.4.